The Morgan fingerprint density at radius 1 is 1.29 bits per heavy atom. The third-order valence-electron chi connectivity index (χ3n) is 2.68. The van der Waals surface area contributed by atoms with Gasteiger partial charge in [-0.05, 0) is 50.3 Å². The number of ether oxygens (including phenoxy) is 1. The molecule has 1 aliphatic rings. The van der Waals surface area contributed by atoms with Crippen molar-refractivity contribution in [2.75, 3.05) is 0 Å². The molecule has 0 amide bonds. The number of hydrogen-bond acceptors (Lipinski definition) is 1. The van der Waals surface area contributed by atoms with Crippen LogP contribution in [0.3, 0.4) is 0 Å². The van der Waals surface area contributed by atoms with Gasteiger partial charge in [0.05, 0.1) is 6.10 Å². The molecule has 0 atom stereocenters. The number of aryl methyl sites for hydroxylation is 1. The molecule has 0 aliphatic heterocycles. The van der Waals surface area contributed by atoms with Gasteiger partial charge in [0.2, 0.25) is 0 Å². The van der Waals surface area contributed by atoms with Crippen LogP contribution in [-0.4, -0.2) is 6.10 Å². The zero-order valence-corrected chi connectivity index (χ0v) is 8.42. The Morgan fingerprint density at radius 3 is 2.64 bits per heavy atom. The largest absolute Gasteiger partial charge is 0.487 e. The Hall–Kier alpha value is -1.05. The van der Waals surface area contributed by atoms with Crippen molar-refractivity contribution in [3.63, 3.8) is 0 Å². The molecular formula is C12H15FO. The van der Waals surface area contributed by atoms with Gasteiger partial charge in [0.25, 0.3) is 0 Å². The molecule has 1 aliphatic carbocycles. The highest BCUT2D eigenvalue weighted by atomic mass is 19.1. The van der Waals surface area contributed by atoms with Gasteiger partial charge in [-0.25, -0.2) is 4.39 Å². The van der Waals surface area contributed by atoms with Gasteiger partial charge in [-0.15, -0.1) is 0 Å². The van der Waals surface area contributed by atoms with E-state index >= 15 is 0 Å². The first kappa shape index (κ1) is 9.50. The molecule has 0 aromatic heterocycles. The molecule has 0 N–H and O–H groups in total. The van der Waals surface area contributed by atoms with Crippen molar-refractivity contribution in [2.24, 2.45) is 0 Å². The third kappa shape index (κ3) is 2.06. The molecule has 1 aromatic carbocycles. The summed E-state index contributed by atoms with van der Waals surface area (Å²) in [6.07, 6.45) is 4.77. The molecular weight excluding hydrogens is 179 g/mol. The maximum atomic E-state index is 13.4. The summed E-state index contributed by atoms with van der Waals surface area (Å²) < 4.78 is 19.0. The first-order valence-corrected chi connectivity index (χ1v) is 5.18. The number of rotatable bonds is 2. The van der Waals surface area contributed by atoms with Crippen molar-refractivity contribution in [2.45, 2.75) is 38.7 Å². The second-order valence-electron chi connectivity index (χ2n) is 3.96. The molecule has 0 spiro atoms. The molecule has 76 valence electrons. The predicted octanol–water partition coefficient (Wildman–Crippen LogP) is 3.46. The Balaban J connectivity index is 2.08. The lowest BCUT2D eigenvalue weighted by molar-refractivity contribution is 0.200. The number of benzene rings is 1. The zero-order valence-electron chi connectivity index (χ0n) is 8.42. The maximum absolute atomic E-state index is 13.4. The maximum Gasteiger partial charge on any atom is 0.165 e. The summed E-state index contributed by atoms with van der Waals surface area (Å²) in [5.74, 6) is 0.166. The van der Waals surface area contributed by atoms with Crippen LogP contribution in [0, 0.1) is 12.7 Å². The smallest absolute Gasteiger partial charge is 0.165 e. The van der Waals surface area contributed by atoms with Crippen LogP contribution >= 0.6 is 0 Å². The lowest BCUT2D eigenvalue weighted by Gasteiger charge is -2.13. The van der Waals surface area contributed by atoms with Crippen LogP contribution in [0.25, 0.3) is 0 Å². The molecule has 2 heteroatoms. The van der Waals surface area contributed by atoms with Crippen LogP contribution < -0.4 is 4.74 Å². The van der Waals surface area contributed by atoms with Crippen molar-refractivity contribution >= 4 is 0 Å². The quantitative estimate of drug-likeness (QED) is 0.700. The summed E-state index contributed by atoms with van der Waals surface area (Å²) in [7, 11) is 0. The van der Waals surface area contributed by atoms with Crippen LogP contribution in [0.1, 0.15) is 31.2 Å². The molecule has 14 heavy (non-hydrogen) atoms. The van der Waals surface area contributed by atoms with Crippen molar-refractivity contribution in [1.82, 2.24) is 0 Å². The van der Waals surface area contributed by atoms with E-state index in [-0.39, 0.29) is 11.9 Å². The molecule has 0 heterocycles. The molecule has 0 radical (unpaired) electrons. The average Bonchev–Trinajstić information content (AvgIpc) is 2.62. The van der Waals surface area contributed by atoms with E-state index in [1.54, 1.807) is 6.07 Å². The Morgan fingerprint density at radius 2 is 2.00 bits per heavy atom. The second kappa shape index (κ2) is 3.99. The lowest BCUT2D eigenvalue weighted by atomic mass is 10.2. The minimum atomic E-state index is -0.239. The second-order valence-corrected chi connectivity index (χ2v) is 3.96. The highest BCUT2D eigenvalue weighted by molar-refractivity contribution is 5.28. The monoisotopic (exact) mass is 194 g/mol. The van der Waals surface area contributed by atoms with Gasteiger partial charge in [-0.1, -0.05) is 6.07 Å². The Kier molecular flexibility index (Phi) is 2.71. The average molecular weight is 194 g/mol. The van der Waals surface area contributed by atoms with Gasteiger partial charge in [-0.2, -0.15) is 0 Å². The molecule has 2 rings (SSSR count). The summed E-state index contributed by atoms with van der Waals surface area (Å²) in [6.45, 7) is 1.88. The predicted molar refractivity (Wildman–Crippen MR) is 54.0 cm³/mol. The van der Waals surface area contributed by atoms with Crippen LogP contribution in [0.15, 0.2) is 18.2 Å². The first-order valence-electron chi connectivity index (χ1n) is 5.18. The van der Waals surface area contributed by atoms with Crippen molar-refractivity contribution < 1.29 is 9.13 Å². The molecule has 1 aromatic rings. The van der Waals surface area contributed by atoms with E-state index in [1.807, 2.05) is 13.0 Å². The van der Waals surface area contributed by atoms with Gasteiger partial charge in [-0.3, -0.25) is 0 Å². The highest BCUT2D eigenvalue weighted by Gasteiger charge is 2.17. The van der Waals surface area contributed by atoms with Crippen molar-refractivity contribution in [3.05, 3.63) is 29.6 Å². The van der Waals surface area contributed by atoms with E-state index in [0.29, 0.717) is 5.75 Å². The van der Waals surface area contributed by atoms with E-state index in [9.17, 15) is 4.39 Å². The molecule has 1 nitrogen and oxygen atoms in total. The molecule has 0 unspecified atom stereocenters. The van der Waals surface area contributed by atoms with Gasteiger partial charge < -0.3 is 4.74 Å². The van der Waals surface area contributed by atoms with E-state index in [0.717, 1.165) is 18.4 Å². The topological polar surface area (TPSA) is 9.23 Å². The normalized spacial score (nSPS) is 17.3. The Labute approximate surface area is 83.9 Å². The van der Waals surface area contributed by atoms with Crippen molar-refractivity contribution in [1.29, 1.82) is 0 Å². The lowest BCUT2D eigenvalue weighted by Crippen LogP contribution is -2.11. The van der Waals surface area contributed by atoms with Gasteiger partial charge in [0.1, 0.15) is 0 Å². The minimum absolute atomic E-state index is 0.229. The van der Waals surface area contributed by atoms with Gasteiger partial charge in [0, 0.05) is 0 Å². The van der Waals surface area contributed by atoms with E-state index < -0.39 is 0 Å². The van der Waals surface area contributed by atoms with E-state index in [2.05, 4.69) is 0 Å². The fraction of sp³-hybridized carbons (Fsp3) is 0.500. The summed E-state index contributed by atoms with van der Waals surface area (Å²) in [6, 6.07) is 5.13. The minimum Gasteiger partial charge on any atom is -0.487 e. The summed E-state index contributed by atoms with van der Waals surface area (Å²) in [4.78, 5) is 0. The Bertz CT molecular complexity index is 316. The van der Waals surface area contributed by atoms with Crippen molar-refractivity contribution in [3.8, 4) is 5.75 Å². The fourth-order valence-corrected chi connectivity index (χ4v) is 1.89. The molecule has 0 bridgehead atoms. The summed E-state index contributed by atoms with van der Waals surface area (Å²) in [5.41, 5.74) is 0.932. The zero-order chi connectivity index (χ0) is 9.97. The molecule has 1 saturated carbocycles. The third-order valence-corrected chi connectivity index (χ3v) is 2.68. The van der Waals surface area contributed by atoms with Crippen LogP contribution in [0.4, 0.5) is 4.39 Å². The van der Waals surface area contributed by atoms with Crippen LogP contribution in [0.2, 0.25) is 0 Å². The summed E-state index contributed by atoms with van der Waals surface area (Å²) in [5, 5.41) is 0. The van der Waals surface area contributed by atoms with E-state index in [1.165, 1.54) is 18.9 Å². The van der Waals surface area contributed by atoms with Gasteiger partial charge >= 0.3 is 0 Å². The first-order chi connectivity index (χ1) is 6.75. The van der Waals surface area contributed by atoms with Gasteiger partial charge in [0.15, 0.2) is 11.6 Å². The summed E-state index contributed by atoms with van der Waals surface area (Å²) >= 11 is 0. The highest BCUT2D eigenvalue weighted by Crippen LogP contribution is 2.26. The molecule has 1 fully saturated rings. The fourth-order valence-electron chi connectivity index (χ4n) is 1.89. The standard InChI is InChI=1S/C12H15FO/c1-9-6-7-12(11(13)8-9)14-10-4-2-3-5-10/h6-8,10H,2-5H2,1H3. The van der Waals surface area contributed by atoms with Crippen LogP contribution in [-0.2, 0) is 0 Å². The number of hydrogen-bond donors (Lipinski definition) is 0. The SMILES string of the molecule is Cc1ccc(OC2CCCC2)c(F)c1. The number of halogens is 1. The van der Waals surface area contributed by atoms with E-state index in [4.69, 9.17) is 4.74 Å². The molecule has 0 saturated heterocycles. The van der Waals surface area contributed by atoms with Crippen LogP contribution in [0.5, 0.6) is 5.75 Å².